The monoisotopic (exact) mass is 222 g/mol. The third-order valence-corrected chi connectivity index (χ3v) is 3.44. The van der Waals surface area contributed by atoms with Crippen molar-refractivity contribution in [2.45, 2.75) is 19.8 Å². The molecule has 3 rings (SSSR count). The zero-order valence-corrected chi connectivity index (χ0v) is 9.86. The zero-order valence-electron chi connectivity index (χ0n) is 9.86. The van der Waals surface area contributed by atoms with E-state index >= 15 is 0 Å². The minimum atomic E-state index is 0.220. The van der Waals surface area contributed by atoms with Gasteiger partial charge in [0.05, 0.1) is 0 Å². The molecule has 0 fully saturated rings. The number of Topliss-reactive ketones (excluding diaryl/α,β-unsaturated/α-hetero) is 1. The third-order valence-electron chi connectivity index (χ3n) is 3.44. The first-order valence-corrected chi connectivity index (χ1v) is 6.04. The van der Waals surface area contributed by atoms with Crippen LogP contribution in [0.15, 0.2) is 42.5 Å². The lowest BCUT2D eigenvalue weighted by molar-refractivity contribution is 0.0988. The predicted octanol–water partition coefficient (Wildman–Crippen LogP) is 3.85. The number of hydrogen-bond donors (Lipinski definition) is 0. The van der Waals surface area contributed by atoms with E-state index in [0.717, 1.165) is 12.0 Å². The summed E-state index contributed by atoms with van der Waals surface area (Å²) in [6.45, 7) is 1.91. The summed E-state index contributed by atoms with van der Waals surface area (Å²) < 4.78 is 0. The van der Waals surface area contributed by atoms with Crippen molar-refractivity contribution in [2.24, 2.45) is 0 Å². The van der Waals surface area contributed by atoms with E-state index in [1.165, 1.54) is 22.3 Å². The Morgan fingerprint density at radius 1 is 1.06 bits per heavy atom. The van der Waals surface area contributed by atoms with E-state index in [0.29, 0.717) is 6.42 Å². The summed E-state index contributed by atoms with van der Waals surface area (Å²) in [5.41, 5.74) is 6.05. The number of ketones is 1. The molecule has 1 aliphatic rings. The van der Waals surface area contributed by atoms with Gasteiger partial charge in [-0.1, -0.05) is 43.3 Å². The number of carbonyl (C=O) groups excluding carboxylic acids is 1. The van der Waals surface area contributed by atoms with Gasteiger partial charge in [-0.15, -0.1) is 0 Å². The lowest BCUT2D eigenvalue weighted by atomic mass is 10.0. The van der Waals surface area contributed by atoms with Crippen LogP contribution in [0.3, 0.4) is 0 Å². The maximum atomic E-state index is 11.7. The Balaban J connectivity index is 2.15. The van der Waals surface area contributed by atoms with Crippen molar-refractivity contribution in [3.63, 3.8) is 0 Å². The average Bonchev–Trinajstić information content (AvgIpc) is 2.75. The van der Waals surface area contributed by atoms with Gasteiger partial charge >= 0.3 is 0 Å². The highest BCUT2D eigenvalue weighted by Gasteiger charge is 2.18. The molecule has 0 amide bonds. The molecule has 0 aromatic heterocycles. The first-order valence-electron chi connectivity index (χ1n) is 6.04. The van der Waals surface area contributed by atoms with Gasteiger partial charge in [0.1, 0.15) is 0 Å². The summed E-state index contributed by atoms with van der Waals surface area (Å²) in [6.07, 6.45) is 1.56. The van der Waals surface area contributed by atoms with Crippen molar-refractivity contribution in [1.82, 2.24) is 0 Å². The second-order valence-electron chi connectivity index (χ2n) is 4.48. The quantitative estimate of drug-likeness (QED) is 0.602. The zero-order chi connectivity index (χ0) is 11.8. The maximum Gasteiger partial charge on any atom is 0.162 e. The molecule has 0 heterocycles. The van der Waals surface area contributed by atoms with Gasteiger partial charge in [0.2, 0.25) is 0 Å². The van der Waals surface area contributed by atoms with E-state index < -0.39 is 0 Å². The molecule has 0 unspecified atom stereocenters. The molecule has 0 aliphatic heterocycles. The Morgan fingerprint density at radius 2 is 1.82 bits per heavy atom. The SMILES string of the molecule is CCC(=O)c1ccc2c(c1)-c1ccccc1C2. The summed E-state index contributed by atoms with van der Waals surface area (Å²) >= 11 is 0. The summed E-state index contributed by atoms with van der Waals surface area (Å²) in [4.78, 5) is 11.7. The highest BCUT2D eigenvalue weighted by atomic mass is 16.1. The van der Waals surface area contributed by atoms with Gasteiger partial charge in [-0.25, -0.2) is 0 Å². The number of rotatable bonds is 2. The second kappa shape index (κ2) is 3.85. The Labute approximate surface area is 101 Å². The van der Waals surface area contributed by atoms with Crippen molar-refractivity contribution in [1.29, 1.82) is 0 Å². The standard InChI is InChI=1S/C16H14O/c1-2-16(17)13-8-7-12-9-11-5-3-4-6-14(11)15(12)10-13/h3-8,10H,2,9H2,1H3. The van der Waals surface area contributed by atoms with E-state index in [9.17, 15) is 4.79 Å². The topological polar surface area (TPSA) is 17.1 Å². The normalized spacial score (nSPS) is 12.1. The summed E-state index contributed by atoms with van der Waals surface area (Å²) in [7, 11) is 0. The second-order valence-corrected chi connectivity index (χ2v) is 4.48. The van der Waals surface area contributed by atoms with Crippen LogP contribution in [0.5, 0.6) is 0 Å². The van der Waals surface area contributed by atoms with Crippen molar-refractivity contribution in [3.05, 3.63) is 59.2 Å². The van der Waals surface area contributed by atoms with Crippen LogP contribution in [0.2, 0.25) is 0 Å². The van der Waals surface area contributed by atoms with Gasteiger partial charge in [-0.3, -0.25) is 4.79 Å². The lowest BCUT2D eigenvalue weighted by Crippen LogP contribution is -1.96. The molecule has 0 atom stereocenters. The Morgan fingerprint density at radius 3 is 2.65 bits per heavy atom. The van der Waals surface area contributed by atoms with E-state index in [4.69, 9.17) is 0 Å². The van der Waals surface area contributed by atoms with Crippen LogP contribution in [0.4, 0.5) is 0 Å². The summed E-state index contributed by atoms with van der Waals surface area (Å²) in [5.74, 6) is 0.220. The molecule has 17 heavy (non-hydrogen) atoms. The highest BCUT2D eigenvalue weighted by molar-refractivity contribution is 5.97. The van der Waals surface area contributed by atoms with Gasteiger partial charge in [0, 0.05) is 12.0 Å². The van der Waals surface area contributed by atoms with Crippen molar-refractivity contribution in [2.75, 3.05) is 0 Å². The van der Waals surface area contributed by atoms with E-state index in [-0.39, 0.29) is 5.78 Å². The minimum Gasteiger partial charge on any atom is -0.294 e. The molecular formula is C16H14O. The fourth-order valence-corrected chi connectivity index (χ4v) is 2.50. The molecule has 1 aliphatic carbocycles. The number of benzene rings is 2. The van der Waals surface area contributed by atoms with Gasteiger partial charge in [0.25, 0.3) is 0 Å². The minimum absolute atomic E-state index is 0.220. The Kier molecular flexibility index (Phi) is 2.32. The fraction of sp³-hybridized carbons (Fsp3) is 0.188. The molecular weight excluding hydrogens is 208 g/mol. The number of hydrogen-bond acceptors (Lipinski definition) is 1. The molecule has 2 aromatic carbocycles. The van der Waals surface area contributed by atoms with Crippen LogP contribution in [0, 0.1) is 0 Å². The molecule has 0 bridgehead atoms. The Bertz CT molecular complexity index is 596. The maximum absolute atomic E-state index is 11.7. The molecule has 1 nitrogen and oxygen atoms in total. The third kappa shape index (κ3) is 1.59. The van der Waals surface area contributed by atoms with Gasteiger partial charge in [-0.05, 0) is 34.7 Å². The molecule has 0 spiro atoms. The average molecular weight is 222 g/mol. The molecule has 84 valence electrons. The smallest absolute Gasteiger partial charge is 0.162 e. The highest BCUT2D eigenvalue weighted by Crippen LogP contribution is 2.36. The van der Waals surface area contributed by atoms with Crippen LogP contribution in [-0.4, -0.2) is 5.78 Å². The van der Waals surface area contributed by atoms with Crippen molar-refractivity contribution < 1.29 is 4.79 Å². The van der Waals surface area contributed by atoms with Crippen LogP contribution in [0.25, 0.3) is 11.1 Å². The Hall–Kier alpha value is -1.89. The fourth-order valence-electron chi connectivity index (χ4n) is 2.50. The molecule has 0 saturated heterocycles. The molecule has 0 saturated carbocycles. The first kappa shape index (κ1) is 10.3. The first-order chi connectivity index (χ1) is 8.29. The summed E-state index contributed by atoms with van der Waals surface area (Å²) in [6, 6.07) is 14.5. The number of carbonyl (C=O) groups is 1. The van der Waals surface area contributed by atoms with E-state index in [1.54, 1.807) is 0 Å². The molecule has 0 radical (unpaired) electrons. The molecule has 2 aromatic rings. The van der Waals surface area contributed by atoms with Crippen molar-refractivity contribution in [3.8, 4) is 11.1 Å². The van der Waals surface area contributed by atoms with Gasteiger partial charge in [0.15, 0.2) is 5.78 Å². The lowest BCUT2D eigenvalue weighted by Gasteiger charge is -2.03. The van der Waals surface area contributed by atoms with Gasteiger partial charge < -0.3 is 0 Å². The van der Waals surface area contributed by atoms with Crippen LogP contribution < -0.4 is 0 Å². The van der Waals surface area contributed by atoms with E-state index in [1.807, 2.05) is 19.1 Å². The van der Waals surface area contributed by atoms with E-state index in [2.05, 4.69) is 30.3 Å². The van der Waals surface area contributed by atoms with Gasteiger partial charge in [-0.2, -0.15) is 0 Å². The van der Waals surface area contributed by atoms with Crippen LogP contribution in [-0.2, 0) is 6.42 Å². The van der Waals surface area contributed by atoms with Crippen LogP contribution in [0.1, 0.15) is 34.8 Å². The number of fused-ring (bicyclic) bond motifs is 3. The molecule has 1 heteroatoms. The van der Waals surface area contributed by atoms with Crippen molar-refractivity contribution >= 4 is 5.78 Å². The largest absolute Gasteiger partial charge is 0.294 e. The summed E-state index contributed by atoms with van der Waals surface area (Å²) in [5, 5.41) is 0. The molecule has 0 N–H and O–H groups in total. The van der Waals surface area contributed by atoms with Crippen LogP contribution >= 0.6 is 0 Å². The predicted molar refractivity (Wildman–Crippen MR) is 69.3 cm³/mol.